The molecule has 1 unspecified atom stereocenters. The number of anilines is 1. The number of benzene rings is 1. The van der Waals surface area contributed by atoms with Gasteiger partial charge in [-0.05, 0) is 43.5 Å². The molecule has 0 spiro atoms. The zero-order valence-electron chi connectivity index (χ0n) is 16.7. The van der Waals surface area contributed by atoms with Crippen molar-refractivity contribution in [3.05, 3.63) is 41.7 Å². The van der Waals surface area contributed by atoms with E-state index in [0.29, 0.717) is 18.4 Å². The molecule has 4 heterocycles. The zero-order chi connectivity index (χ0) is 21.4. The normalized spacial score (nSPS) is 22.5. The molecule has 0 radical (unpaired) electrons. The standard InChI is InChI=1S/C21H22F2N4O4/c22-21(23)30-17-2-1-14(11-18(17)31-21)19(28)25-15-4-8-27(12-15)20-24-7-3-16(26-20)13-5-9-29-10-6-13/h1-3,7,11,13,15H,4-6,8-10,12H2,(H,25,28). The van der Waals surface area contributed by atoms with Crippen molar-refractivity contribution < 1.29 is 27.8 Å². The van der Waals surface area contributed by atoms with Crippen molar-refractivity contribution >= 4 is 11.9 Å². The molecular formula is C21H22F2N4O4. The van der Waals surface area contributed by atoms with E-state index in [0.717, 1.165) is 44.7 Å². The molecule has 0 aliphatic carbocycles. The number of rotatable bonds is 4. The summed E-state index contributed by atoms with van der Waals surface area (Å²) in [7, 11) is 0. The van der Waals surface area contributed by atoms with Gasteiger partial charge >= 0.3 is 6.29 Å². The van der Waals surface area contributed by atoms with Gasteiger partial charge in [0, 0.05) is 55.7 Å². The lowest BCUT2D eigenvalue weighted by Gasteiger charge is -2.23. The van der Waals surface area contributed by atoms with Crippen molar-refractivity contribution in [2.75, 3.05) is 31.2 Å². The highest BCUT2D eigenvalue weighted by Gasteiger charge is 2.43. The summed E-state index contributed by atoms with van der Waals surface area (Å²) in [6.45, 7) is 2.79. The van der Waals surface area contributed by atoms with E-state index in [9.17, 15) is 13.6 Å². The number of hydrogen-bond acceptors (Lipinski definition) is 7. The molecule has 5 rings (SSSR count). The van der Waals surface area contributed by atoms with Gasteiger partial charge in [0.2, 0.25) is 5.95 Å². The van der Waals surface area contributed by atoms with Crippen molar-refractivity contribution in [1.29, 1.82) is 0 Å². The van der Waals surface area contributed by atoms with Crippen molar-refractivity contribution in [3.8, 4) is 11.5 Å². The lowest BCUT2D eigenvalue weighted by molar-refractivity contribution is -0.286. The molecule has 3 aliphatic rings. The van der Waals surface area contributed by atoms with E-state index >= 15 is 0 Å². The van der Waals surface area contributed by atoms with Crippen molar-refractivity contribution in [1.82, 2.24) is 15.3 Å². The summed E-state index contributed by atoms with van der Waals surface area (Å²) in [6.07, 6.45) is 0.719. The maximum atomic E-state index is 13.2. The first kappa shape index (κ1) is 19.9. The summed E-state index contributed by atoms with van der Waals surface area (Å²) >= 11 is 0. The Hall–Kier alpha value is -3.01. The second kappa shape index (κ2) is 7.92. The Balaban J connectivity index is 1.21. The Morgan fingerprint density at radius 2 is 1.94 bits per heavy atom. The number of ether oxygens (including phenoxy) is 3. The fourth-order valence-corrected chi connectivity index (χ4v) is 4.15. The number of nitrogens with one attached hydrogen (secondary N) is 1. The van der Waals surface area contributed by atoms with Crippen LogP contribution in [-0.4, -0.2) is 54.5 Å². The number of alkyl halides is 2. The monoisotopic (exact) mass is 432 g/mol. The topological polar surface area (TPSA) is 85.8 Å². The molecule has 164 valence electrons. The summed E-state index contributed by atoms with van der Waals surface area (Å²) in [5.41, 5.74) is 1.26. The molecule has 0 bridgehead atoms. The van der Waals surface area contributed by atoms with Crippen LogP contribution in [0.4, 0.5) is 14.7 Å². The van der Waals surface area contributed by atoms with Gasteiger partial charge in [-0.2, -0.15) is 0 Å². The van der Waals surface area contributed by atoms with Crippen LogP contribution in [0.15, 0.2) is 30.5 Å². The Kier molecular flexibility index (Phi) is 5.09. The molecule has 0 saturated carbocycles. The van der Waals surface area contributed by atoms with Crippen LogP contribution in [0.1, 0.15) is 41.2 Å². The van der Waals surface area contributed by atoms with Gasteiger partial charge in [-0.15, -0.1) is 8.78 Å². The molecule has 3 aliphatic heterocycles. The Morgan fingerprint density at radius 3 is 2.77 bits per heavy atom. The quantitative estimate of drug-likeness (QED) is 0.795. The largest absolute Gasteiger partial charge is 0.586 e. The molecule has 10 heteroatoms. The average Bonchev–Trinajstić information content (AvgIpc) is 3.36. The van der Waals surface area contributed by atoms with Gasteiger partial charge in [-0.3, -0.25) is 4.79 Å². The number of hydrogen-bond donors (Lipinski definition) is 1. The van der Waals surface area contributed by atoms with Gasteiger partial charge in [0.05, 0.1) is 0 Å². The van der Waals surface area contributed by atoms with E-state index in [4.69, 9.17) is 9.72 Å². The van der Waals surface area contributed by atoms with E-state index in [1.54, 1.807) is 6.20 Å². The molecular weight excluding hydrogens is 410 g/mol. The first-order valence-electron chi connectivity index (χ1n) is 10.3. The third-order valence-corrected chi connectivity index (χ3v) is 5.77. The third kappa shape index (κ3) is 4.25. The van der Waals surface area contributed by atoms with E-state index < -0.39 is 6.29 Å². The molecule has 8 nitrogen and oxygen atoms in total. The van der Waals surface area contributed by atoms with Crippen LogP contribution in [0, 0.1) is 0 Å². The molecule has 1 amide bonds. The van der Waals surface area contributed by atoms with Crippen molar-refractivity contribution in [3.63, 3.8) is 0 Å². The van der Waals surface area contributed by atoms with Gasteiger partial charge in [-0.1, -0.05) is 0 Å². The summed E-state index contributed by atoms with van der Waals surface area (Å²) in [6, 6.07) is 5.86. The molecule has 2 saturated heterocycles. The lowest BCUT2D eigenvalue weighted by Crippen LogP contribution is -2.37. The Morgan fingerprint density at radius 1 is 1.13 bits per heavy atom. The van der Waals surface area contributed by atoms with Gasteiger partial charge < -0.3 is 24.4 Å². The average molecular weight is 432 g/mol. The summed E-state index contributed by atoms with van der Waals surface area (Å²) < 4.78 is 40.6. The Bertz CT molecular complexity index is 984. The van der Waals surface area contributed by atoms with Crippen LogP contribution in [0.5, 0.6) is 11.5 Å². The van der Waals surface area contributed by atoms with E-state index in [-0.39, 0.29) is 29.0 Å². The molecule has 1 aromatic heterocycles. The van der Waals surface area contributed by atoms with Crippen molar-refractivity contribution in [2.45, 2.75) is 37.5 Å². The fraction of sp³-hybridized carbons (Fsp3) is 0.476. The number of fused-ring (bicyclic) bond motifs is 1. The summed E-state index contributed by atoms with van der Waals surface area (Å²) in [5, 5.41) is 2.95. The smallest absolute Gasteiger partial charge is 0.395 e. The predicted molar refractivity (Wildman–Crippen MR) is 106 cm³/mol. The van der Waals surface area contributed by atoms with Crippen LogP contribution < -0.4 is 19.7 Å². The number of halogens is 2. The van der Waals surface area contributed by atoms with Crippen LogP contribution in [0.3, 0.4) is 0 Å². The summed E-state index contributed by atoms with van der Waals surface area (Å²) in [4.78, 5) is 23.8. The molecule has 1 aromatic carbocycles. The number of carbonyl (C=O) groups excluding carboxylic acids is 1. The molecule has 2 aromatic rings. The molecule has 2 fully saturated rings. The first-order valence-corrected chi connectivity index (χ1v) is 10.3. The van der Waals surface area contributed by atoms with Crippen LogP contribution in [0.25, 0.3) is 0 Å². The van der Waals surface area contributed by atoms with Crippen LogP contribution >= 0.6 is 0 Å². The molecule has 1 N–H and O–H groups in total. The van der Waals surface area contributed by atoms with Gasteiger partial charge in [-0.25, -0.2) is 9.97 Å². The van der Waals surface area contributed by atoms with E-state index in [2.05, 4.69) is 19.8 Å². The number of nitrogens with zero attached hydrogens (tertiary/aromatic N) is 3. The minimum Gasteiger partial charge on any atom is -0.395 e. The number of amides is 1. The van der Waals surface area contributed by atoms with Gasteiger partial charge in [0.25, 0.3) is 5.91 Å². The van der Waals surface area contributed by atoms with Gasteiger partial charge in [0.15, 0.2) is 11.5 Å². The first-order chi connectivity index (χ1) is 15.0. The number of aromatic nitrogens is 2. The highest BCUT2D eigenvalue weighted by Crippen LogP contribution is 2.41. The second-order valence-electron chi connectivity index (χ2n) is 7.90. The third-order valence-electron chi connectivity index (χ3n) is 5.77. The zero-order valence-corrected chi connectivity index (χ0v) is 16.7. The number of carbonyl (C=O) groups is 1. The minimum atomic E-state index is -3.71. The predicted octanol–water partition coefficient (Wildman–Crippen LogP) is 2.70. The van der Waals surface area contributed by atoms with E-state index in [1.165, 1.54) is 18.2 Å². The highest BCUT2D eigenvalue weighted by atomic mass is 19.3. The maximum absolute atomic E-state index is 13.2. The fourth-order valence-electron chi connectivity index (χ4n) is 4.15. The van der Waals surface area contributed by atoms with Gasteiger partial charge in [0.1, 0.15) is 0 Å². The lowest BCUT2D eigenvalue weighted by atomic mass is 9.96. The SMILES string of the molecule is O=C(NC1CCN(c2nccc(C3CCOCC3)n2)C1)c1ccc2c(c1)OC(F)(F)O2. The molecule has 1 atom stereocenters. The molecule has 31 heavy (non-hydrogen) atoms. The van der Waals surface area contributed by atoms with Crippen molar-refractivity contribution in [2.24, 2.45) is 0 Å². The highest BCUT2D eigenvalue weighted by molar-refractivity contribution is 5.95. The second-order valence-corrected chi connectivity index (χ2v) is 7.90. The van der Waals surface area contributed by atoms with E-state index in [1.807, 2.05) is 11.0 Å². The Labute approximate surface area is 177 Å². The van der Waals surface area contributed by atoms with Crippen LogP contribution in [0.2, 0.25) is 0 Å². The van der Waals surface area contributed by atoms with Crippen LogP contribution in [-0.2, 0) is 4.74 Å². The summed E-state index contributed by atoms with van der Waals surface area (Å²) in [5.74, 6) is 0.447. The minimum absolute atomic E-state index is 0.0878. The maximum Gasteiger partial charge on any atom is 0.586 e.